The predicted octanol–water partition coefficient (Wildman–Crippen LogP) is 3.11. The average molecular weight is 365 g/mol. The first-order valence-electron chi connectivity index (χ1n) is 9.64. The van der Waals surface area contributed by atoms with Crippen molar-refractivity contribution in [3.63, 3.8) is 0 Å². The Labute approximate surface area is 160 Å². The van der Waals surface area contributed by atoms with Crippen LogP contribution in [-0.4, -0.2) is 59.2 Å². The second kappa shape index (κ2) is 7.96. The fourth-order valence-corrected chi connectivity index (χ4v) is 3.96. The number of methoxy groups -OCH3 is 1. The lowest BCUT2D eigenvalue weighted by atomic mass is 10.1. The molecule has 1 N–H and O–H groups in total. The monoisotopic (exact) mass is 365 g/mol. The number of piperazine rings is 1. The molecular formula is C21H27N5O. The van der Waals surface area contributed by atoms with Gasteiger partial charge < -0.3 is 14.6 Å². The summed E-state index contributed by atoms with van der Waals surface area (Å²) in [6, 6.07) is 11.0. The van der Waals surface area contributed by atoms with E-state index >= 15 is 0 Å². The minimum absolute atomic E-state index is 0.502. The highest BCUT2D eigenvalue weighted by atomic mass is 16.5. The lowest BCUT2D eigenvalue weighted by Crippen LogP contribution is -2.52. The van der Waals surface area contributed by atoms with Gasteiger partial charge in [0, 0.05) is 48.8 Å². The second-order valence-electron chi connectivity index (χ2n) is 7.21. The molecule has 6 nitrogen and oxygen atoms in total. The molecule has 3 aromatic rings. The van der Waals surface area contributed by atoms with Gasteiger partial charge in [0.15, 0.2) is 0 Å². The number of fused-ring (bicyclic) bond motifs is 1. The number of aromatic nitrogens is 3. The molecule has 0 radical (unpaired) electrons. The number of benzene rings is 1. The largest absolute Gasteiger partial charge is 0.481 e. The number of para-hydroxylation sites is 1. The Bertz CT molecular complexity index is 893. The molecule has 1 atom stereocenters. The van der Waals surface area contributed by atoms with Crippen LogP contribution in [0.3, 0.4) is 0 Å². The highest BCUT2D eigenvalue weighted by Gasteiger charge is 2.24. The van der Waals surface area contributed by atoms with Crippen molar-refractivity contribution in [3.05, 3.63) is 48.4 Å². The van der Waals surface area contributed by atoms with E-state index in [1.807, 2.05) is 6.07 Å². The summed E-state index contributed by atoms with van der Waals surface area (Å²) in [5, 5.41) is 1.35. The molecular weight excluding hydrogens is 338 g/mol. The van der Waals surface area contributed by atoms with Crippen molar-refractivity contribution in [2.24, 2.45) is 0 Å². The van der Waals surface area contributed by atoms with Crippen LogP contribution in [0.1, 0.15) is 18.9 Å². The maximum Gasteiger partial charge on any atom is 0.218 e. The maximum absolute atomic E-state index is 5.22. The Kier molecular flexibility index (Phi) is 5.25. The molecule has 1 aliphatic rings. The van der Waals surface area contributed by atoms with Gasteiger partial charge in [-0.3, -0.25) is 4.90 Å². The number of anilines is 1. The molecule has 1 unspecified atom stereocenters. The molecule has 4 rings (SSSR count). The normalized spacial score (nSPS) is 18.1. The minimum Gasteiger partial charge on any atom is -0.481 e. The van der Waals surface area contributed by atoms with E-state index in [0.29, 0.717) is 11.9 Å². The van der Waals surface area contributed by atoms with E-state index in [0.717, 1.165) is 38.4 Å². The quantitative estimate of drug-likeness (QED) is 0.727. The average Bonchev–Trinajstić information content (AvgIpc) is 3.12. The number of ether oxygens (including phenoxy) is 1. The highest BCUT2D eigenvalue weighted by molar-refractivity contribution is 5.82. The number of aryl methyl sites for hydroxylation is 1. The molecule has 1 aliphatic heterocycles. The molecule has 3 heterocycles. The van der Waals surface area contributed by atoms with Crippen molar-refractivity contribution in [1.82, 2.24) is 19.9 Å². The van der Waals surface area contributed by atoms with Crippen LogP contribution in [0.5, 0.6) is 5.88 Å². The van der Waals surface area contributed by atoms with Gasteiger partial charge >= 0.3 is 0 Å². The fourth-order valence-electron chi connectivity index (χ4n) is 3.96. The minimum atomic E-state index is 0.502. The summed E-state index contributed by atoms with van der Waals surface area (Å²) in [7, 11) is 1.64. The molecule has 0 spiro atoms. The van der Waals surface area contributed by atoms with Gasteiger partial charge in [0.25, 0.3) is 0 Å². The Morgan fingerprint density at radius 2 is 2.11 bits per heavy atom. The van der Waals surface area contributed by atoms with E-state index in [-0.39, 0.29) is 0 Å². The third kappa shape index (κ3) is 3.90. The summed E-state index contributed by atoms with van der Waals surface area (Å²) in [5.41, 5.74) is 2.65. The summed E-state index contributed by atoms with van der Waals surface area (Å²) in [5.74, 6) is 1.57. The second-order valence-corrected chi connectivity index (χ2v) is 7.21. The molecule has 1 saturated heterocycles. The molecule has 6 heteroatoms. The number of nitrogens with zero attached hydrogens (tertiary/aromatic N) is 4. The highest BCUT2D eigenvalue weighted by Crippen LogP contribution is 2.21. The molecule has 0 bridgehead atoms. The van der Waals surface area contributed by atoms with E-state index in [1.54, 1.807) is 13.4 Å². The first kappa shape index (κ1) is 17.8. The van der Waals surface area contributed by atoms with Crippen LogP contribution < -0.4 is 9.64 Å². The van der Waals surface area contributed by atoms with Gasteiger partial charge in [-0.05, 0) is 37.9 Å². The van der Waals surface area contributed by atoms with Crippen molar-refractivity contribution in [3.8, 4) is 5.88 Å². The third-order valence-corrected chi connectivity index (χ3v) is 5.49. The van der Waals surface area contributed by atoms with Crippen molar-refractivity contribution < 1.29 is 4.74 Å². The molecule has 0 saturated carbocycles. The number of hydrogen-bond donors (Lipinski definition) is 1. The standard InChI is InChI=1S/C21H27N5O/c1-16-14-26(20-12-21(27-2)24-15-23-20)11-10-25(16)9-5-6-17-13-22-19-8-4-3-7-18(17)19/h3-4,7-8,12-13,15-16,22H,5-6,9-11,14H2,1-2H3. The Morgan fingerprint density at radius 1 is 1.22 bits per heavy atom. The van der Waals surface area contributed by atoms with Crippen LogP contribution in [0, 0.1) is 0 Å². The van der Waals surface area contributed by atoms with Crippen LogP contribution in [0.4, 0.5) is 5.82 Å². The van der Waals surface area contributed by atoms with E-state index in [1.165, 1.54) is 22.9 Å². The van der Waals surface area contributed by atoms with Gasteiger partial charge in [-0.1, -0.05) is 18.2 Å². The smallest absolute Gasteiger partial charge is 0.218 e. The van der Waals surface area contributed by atoms with Gasteiger partial charge in [0.1, 0.15) is 12.1 Å². The molecule has 1 aromatic carbocycles. The van der Waals surface area contributed by atoms with Crippen LogP contribution in [0.25, 0.3) is 10.9 Å². The van der Waals surface area contributed by atoms with Gasteiger partial charge in [-0.15, -0.1) is 0 Å². The van der Waals surface area contributed by atoms with Gasteiger partial charge in [0.05, 0.1) is 7.11 Å². The zero-order valence-corrected chi connectivity index (χ0v) is 16.1. The Morgan fingerprint density at radius 3 is 2.96 bits per heavy atom. The van der Waals surface area contributed by atoms with Crippen molar-refractivity contribution in [1.29, 1.82) is 0 Å². The van der Waals surface area contributed by atoms with Crippen LogP contribution in [0.15, 0.2) is 42.9 Å². The van der Waals surface area contributed by atoms with Crippen LogP contribution in [0.2, 0.25) is 0 Å². The summed E-state index contributed by atoms with van der Waals surface area (Å²) in [6.07, 6.45) is 6.02. The number of aromatic amines is 1. The van der Waals surface area contributed by atoms with Crippen molar-refractivity contribution in [2.75, 3.05) is 38.2 Å². The van der Waals surface area contributed by atoms with E-state index in [2.05, 4.69) is 62.1 Å². The van der Waals surface area contributed by atoms with E-state index < -0.39 is 0 Å². The predicted molar refractivity (Wildman–Crippen MR) is 108 cm³/mol. The van der Waals surface area contributed by atoms with Gasteiger partial charge in [0.2, 0.25) is 5.88 Å². The number of rotatable bonds is 6. The molecule has 0 aliphatic carbocycles. The summed E-state index contributed by atoms with van der Waals surface area (Å²) in [6.45, 7) is 6.45. The van der Waals surface area contributed by atoms with Gasteiger partial charge in [-0.25, -0.2) is 9.97 Å². The summed E-state index contributed by atoms with van der Waals surface area (Å²) < 4.78 is 5.22. The molecule has 2 aromatic heterocycles. The number of hydrogen-bond acceptors (Lipinski definition) is 5. The first-order chi connectivity index (χ1) is 13.2. The van der Waals surface area contributed by atoms with Crippen molar-refractivity contribution in [2.45, 2.75) is 25.8 Å². The fraction of sp³-hybridized carbons (Fsp3) is 0.429. The maximum atomic E-state index is 5.22. The molecule has 1 fully saturated rings. The van der Waals surface area contributed by atoms with Gasteiger partial charge in [-0.2, -0.15) is 0 Å². The Hall–Kier alpha value is -2.60. The van der Waals surface area contributed by atoms with Crippen LogP contribution in [-0.2, 0) is 6.42 Å². The lowest BCUT2D eigenvalue weighted by molar-refractivity contribution is 0.187. The topological polar surface area (TPSA) is 57.3 Å². The molecule has 27 heavy (non-hydrogen) atoms. The number of H-pyrrole nitrogens is 1. The first-order valence-corrected chi connectivity index (χ1v) is 9.64. The van der Waals surface area contributed by atoms with E-state index in [9.17, 15) is 0 Å². The van der Waals surface area contributed by atoms with E-state index in [4.69, 9.17) is 4.74 Å². The van der Waals surface area contributed by atoms with Crippen molar-refractivity contribution >= 4 is 16.7 Å². The SMILES string of the molecule is COc1cc(N2CCN(CCCc3c[nH]c4ccccc34)C(C)C2)ncn1. The lowest BCUT2D eigenvalue weighted by Gasteiger charge is -2.40. The zero-order valence-electron chi connectivity index (χ0n) is 16.1. The third-order valence-electron chi connectivity index (χ3n) is 5.49. The molecule has 142 valence electrons. The summed E-state index contributed by atoms with van der Waals surface area (Å²) >= 11 is 0. The summed E-state index contributed by atoms with van der Waals surface area (Å²) in [4.78, 5) is 16.8. The number of nitrogens with one attached hydrogen (secondary N) is 1. The Balaban J connectivity index is 1.31. The van der Waals surface area contributed by atoms with Crippen LogP contribution >= 0.6 is 0 Å². The molecule has 0 amide bonds. The zero-order chi connectivity index (χ0) is 18.6.